The molecular weight excluding hydrogens is 483 g/mol. The van der Waals surface area contributed by atoms with Crippen molar-refractivity contribution in [2.24, 2.45) is 10.9 Å². The number of carbonyl (C=O) groups is 2. The van der Waals surface area contributed by atoms with Crippen LogP contribution in [0.25, 0.3) is 0 Å². The third-order valence-electron chi connectivity index (χ3n) is 4.06. The Bertz CT molecular complexity index is 674. The van der Waals surface area contributed by atoms with Crippen LogP contribution in [0.1, 0.15) is 39.2 Å². The minimum Gasteiger partial charge on any atom is -0.357 e. The van der Waals surface area contributed by atoms with Gasteiger partial charge in [0.05, 0.1) is 6.54 Å². The van der Waals surface area contributed by atoms with E-state index in [1.54, 1.807) is 0 Å². The van der Waals surface area contributed by atoms with Crippen molar-refractivity contribution >= 4 is 47.6 Å². The first kappa shape index (κ1) is 25.0. The maximum absolute atomic E-state index is 11.7. The fourth-order valence-corrected chi connectivity index (χ4v) is 2.49. The van der Waals surface area contributed by atoms with Gasteiger partial charge in [0.15, 0.2) is 5.96 Å². The first-order chi connectivity index (χ1) is 13.5. The van der Waals surface area contributed by atoms with Crippen LogP contribution in [-0.2, 0) is 11.3 Å². The Balaban J connectivity index is 0.00000420. The molecule has 1 aliphatic rings. The van der Waals surface area contributed by atoms with Crippen LogP contribution in [-0.4, -0.2) is 43.6 Å². The molecule has 3 amide bonds. The molecule has 1 aromatic rings. The Morgan fingerprint density at radius 3 is 2.31 bits per heavy atom. The normalized spacial score (nSPS) is 13.3. The zero-order valence-electron chi connectivity index (χ0n) is 17.4. The molecule has 1 aromatic carbocycles. The van der Waals surface area contributed by atoms with Crippen molar-refractivity contribution in [3.8, 4) is 0 Å². The molecule has 8 nitrogen and oxygen atoms in total. The summed E-state index contributed by atoms with van der Waals surface area (Å²) in [7, 11) is 0. The molecule has 1 saturated carbocycles. The maximum Gasteiger partial charge on any atom is 0.319 e. The molecule has 0 aliphatic heterocycles. The van der Waals surface area contributed by atoms with Gasteiger partial charge in [0, 0.05) is 37.3 Å². The Kier molecular flexibility index (Phi) is 11.4. The van der Waals surface area contributed by atoms with E-state index in [1.807, 2.05) is 45.0 Å². The highest BCUT2D eigenvalue weighted by molar-refractivity contribution is 14.0. The summed E-state index contributed by atoms with van der Waals surface area (Å²) >= 11 is 0. The fourth-order valence-electron chi connectivity index (χ4n) is 2.49. The molecule has 29 heavy (non-hydrogen) atoms. The van der Waals surface area contributed by atoms with Crippen LogP contribution in [0.4, 0.5) is 10.5 Å². The molecule has 1 aliphatic carbocycles. The van der Waals surface area contributed by atoms with Crippen molar-refractivity contribution in [3.63, 3.8) is 0 Å². The van der Waals surface area contributed by atoms with E-state index in [2.05, 4.69) is 31.6 Å². The molecule has 0 saturated heterocycles. The number of aliphatic imine (C=N–C) groups is 1. The van der Waals surface area contributed by atoms with Crippen LogP contribution in [0.2, 0.25) is 0 Å². The molecule has 5 N–H and O–H groups in total. The molecule has 0 unspecified atom stereocenters. The monoisotopic (exact) mass is 516 g/mol. The van der Waals surface area contributed by atoms with Crippen LogP contribution >= 0.6 is 24.0 Å². The van der Waals surface area contributed by atoms with Gasteiger partial charge in [-0.25, -0.2) is 9.79 Å². The van der Waals surface area contributed by atoms with Gasteiger partial charge in [0.1, 0.15) is 0 Å². The number of hydrogen-bond donors (Lipinski definition) is 5. The third kappa shape index (κ3) is 10.3. The van der Waals surface area contributed by atoms with E-state index < -0.39 is 0 Å². The highest BCUT2D eigenvalue weighted by Crippen LogP contribution is 2.28. The molecule has 2 rings (SSSR count). The topological polar surface area (TPSA) is 107 Å². The lowest BCUT2D eigenvalue weighted by atomic mass is 10.2. The van der Waals surface area contributed by atoms with Gasteiger partial charge in [-0.05, 0) is 51.3 Å². The van der Waals surface area contributed by atoms with Crippen molar-refractivity contribution in [3.05, 3.63) is 29.8 Å². The number of guanidine groups is 1. The summed E-state index contributed by atoms with van der Waals surface area (Å²) in [5.74, 6) is 1.09. The third-order valence-corrected chi connectivity index (χ3v) is 4.06. The highest BCUT2D eigenvalue weighted by Gasteiger charge is 2.28. The van der Waals surface area contributed by atoms with Gasteiger partial charge in [-0.1, -0.05) is 12.1 Å². The number of nitrogens with zero attached hydrogens (tertiary/aromatic N) is 1. The van der Waals surface area contributed by atoms with Crippen molar-refractivity contribution in [1.29, 1.82) is 0 Å². The van der Waals surface area contributed by atoms with E-state index in [9.17, 15) is 9.59 Å². The summed E-state index contributed by atoms with van der Waals surface area (Å²) in [6, 6.07) is 7.47. The van der Waals surface area contributed by atoms with E-state index in [-0.39, 0.29) is 47.9 Å². The van der Waals surface area contributed by atoms with Crippen LogP contribution < -0.4 is 26.6 Å². The summed E-state index contributed by atoms with van der Waals surface area (Å²) in [5.41, 5.74) is 1.77. The van der Waals surface area contributed by atoms with Crippen LogP contribution in [0, 0.1) is 5.92 Å². The van der Waals surface area contributed by atoms with E-state index in [4.69, 9.17) is 0 Å². The lowest BCUT2D eigenvalue weighted by Crippen LogP contribution is -2.41. The van der Waals surface area contributed by atoms with Gasteiger partial charge in [-0.15, -0.1) is 24.0 Å². The number of anilines is 1. The van der Waals surface area contributed by atoms with Crippen LogP contribution in [0.15, 0.2) is 29.3 Å². The summed E-state index contributed by atoms with van der Waals surface area (Å²) < 4.78 is 0. The van der Waals surface area contributed by atoms with Gasteiger partial charge in [-0.3, -0.25) is 4.79 Å². The summed E-state index contributed by atoms with van der Waals surface area (Å²) in [6.45, 7) is 8.32. The minimum atomic E-state index is -0.215. The molecule has 0 radical (unpaired) electrons. The number of hydrogen-bond acceptors (Lipinski definition) is 3. The predicted octanol–water partition coefficient (Wildman–Crippen LogP) is 2.42. The number of nitrogens with one attached hydrogen (secondary N) is 5. The number of urea groups is 1. The highest BCUT2D eigenvalue weighted by atomic mass is 127. The summed E-state index contributed by atoms with van der Waals surface area (Å²) in [4.78, 5) is 27.9. The minimum absolute atomic E-state index is 0. The van der Waals surface area contributed by atoms with Gasteiger partial charge < -0.3 is 26.6 Å². The van der Waals surface area contributed by atoms with Crippen molar-refractivity contribution in [2.75, 3.05) is 25.0 Å². The van der Waals surface area contributed by atoms with E-state index in [0.29, 0.717) is 25.6 Å². The van der Waals surface area contributed by atoms with Gasteiger partial charge >= 0.3 is 6.03 Å². The number of benzene rings is 1. The van der Waals surface area contributed by atoms with Crippen LogP contribution in [0.5, 0.6) is 0 Å². The lowest BCUT2D eigenvalue weighted by molar-refractivity contribution is -0.122. The number of halogens is 1. The van der Waals surface area contributed by atoms with Gasteiger partial charge in [0.25, 0.3) is 0 Å². The molecule has 162 valence electrons. The molecule has 9 heteroatoms. The van der Waals surface area contributed by atoms with Crippen molar-refractivity contribution in [2.45, 2.75) is 46.2 Å². The van der Waals surface area contributed by atoms with Crippen molar-refractivity contribution < 1.29 is 9.59 Å². The Morgan fingerprint density at radius 2 is 1.72 bits per heavy atom. The SMILES string of the molecule is CCNC(=NCc1ccc(NC(=O)NC(C)C)cc1)NCCNC(=O)C1CC1.I. The smallest absolute Gasteiger partial charge is 0.319 e. The second kappa shape index (κ2) is 13.2. The van der Waals surface area contributed by atoms with Crippen molar-refractivity contribution in [1.82, 2.24) is 21.3 Å². The predicted molar refractivity (Wildman–Crippen MR) is 128 cm³/mol. The molecule has 0 aromatic heterocycles. The largest absolute Gasteiger partial charge is 0.357 e. The number of rotatable bonds is 9. The zero-order valence-corrected chi connectivity index (χ0v) is 19.7. The first-order valence-corrected chi connectivity index (χ1v) is 9.94. The summed E-state index contributed by atoms with van der Waals surface area (Å²) in [6.07, 6.45) is 2.03. The zero-order chi connectivity index (χ0) is 20.4. The molecule has 0 heterocycles. The quantitative estimate of drug-likeness (QED) is 0.151. The first-order valence-electron chi connectivity index (χ1n) is 9.94. The molecular formula is C20H33IN6O2. The summed E-state index contributed by atoms with van der Waals surface area (Å²) in [5, 5.41) is 14.9. The van der Waals surface area contributed by atoms with E-state index in [1.165, 1.54) is 0 Å². The molecule has 0 atom stereocenters. The van der Waals surface area contributed by atoms with E-state index >= 15 is 0 Å². The van der Waals surface area contributed by atoms with E-state index in [0.717, 1.165) is 30.6 Å². The van der Waals surface area contributed by atoms with Gasteiger partial charge in [0.2, 0.25) is 5.91 Å². The lowest BCUT2D eigenvalue weighted by Gasteiger charge is -2.12. The number of carbonyl (C=O) groups excluding carboxylic acids is 2. The second-order valence-electron chi connectivity index (χ2n) is 7.14. The molecule has 0 spiro atoms. The Morgan fingerprint density at radius 1 is 1.07 bits per heavy atom. The van der Waals surface area contributed by atoms with Gasteiger partial charge in [-0.2, -0.15) is 0 Å². The second-order valence-corrected chi connectivity index (χ2v) is 7.14. The Labute approximate surface area is 190 Å². The molecule has 1 fully saturated rings. The standard InChI is InChI=1S/C20H32N6O2.HI/c1-4-21-19(23-12-11-22-18(27)16-7-8-16)24-13-15-5-9-17(10-6-15)26-20(28)25-14(2)3;/h5-6,9-10,14,16H,4,7-8,11-13H2,1-3H3,(H,22,27)(H2,21,23,24)(H2,25,26,28);1H. The fraction of sp³-hybridized carbons (Fsp3) is 0.550. The average molecular weight is 516 g/mol. The number of amides is 3. The molecule has 0 bridgehead atoms. The Hall–Kier alpha value is -2.04. The van der Waals surface area contributed by atoms with Crippen LogP contribution in [0.3, 0.4) is 0 Å². The average Bonchev–Trinajstić information content (AvgIpc) is 3.48. The maximum atomic E-state index is 11.7.